The van der Waals surface area contributed by atoms with Gasteiger partial charge in [-0.25, -0.2) is 8.78 Å². The minimum Gasteiger partial charge on any atom is -0.394 e. The molecule has 2 aromatic rings. The van der Waals surface area contributed by atoms with Crippen LogP contribution in [0.15, 0.2) is 42.5 Å². The molecule has 21 heavy (non-hydrogen) atoms. The Morgan fingerprint density at radius 1 is 1.05 bits per heavy atom. The van der Waals surface area contributed by atoms with E-state index in [9.17, 15) is 13.9 Å². The first kappa shape index (κ1) is 15.4. The second-order valence-corrected chi connectivity index (χ2v) is 5.24. The molecular formula is C17H19F2NO. The summed E-state index contributed by atoms with van der Waals surface area (Å²) in [4.78, 5) is 0. The molecule has 112 valence electrons. The highest BCUT2D eigenvalue weighted by Crippen LogP contribution is 2.30. The minimum absolute atomic E-state index is 0.176. The molecule has 0 bridgehead atoms. The number of anilines is 1. The highest BCUT2D eigenvalue weighted by molar-refractivity contribution is 5.50. The molecule has 2 nitrogen and oxygen atoms in total. The van der Waals surface area contributed by atoms with E-state index in [1.807, 2.05) is 13.0 Å². The summed E-state index contributed by atoms with van der Waals surface area (Å²) in [7, 11) is 0. The van der Waals surface area contributed by atoms with E-state index >= 15 is 0 Å². The van der Waals surface area contributed by atoms with Gasteiger partial charge in [0.1, 0.15) is 11.6 Å². The van der Waals surface area contributed by atoms with E-state index < -0.39 is 5.54 Å². The van der Waals surface area contributed by atoms with E-state index in [-0.39, 0.29) is 18.2 Å². The number of nitrogens with one attached hydrogen (secondary N) is 1. The summed E-state index contributed by atoms with van der Waals surface area (Å²) in [6, 6.07) is 10.6. The van der Waals surface area contributed by atoms with Crippen LogP contribution in [0.25, 0.3) is 0 Å². The number of aliphatic hydroxyl groups excluding tert-OH is 1. The zero-order valence-electron chi connectivity index (χ0n) is 12.2. The van der Waals surface area contributed by atoms with Crippen LogP contribution in [-0.2, 0) is 5.54 Å². The van der Waals surface area contributed by atoms with Gasteiger partial charge in [-0.05, 0) is 54.8 Å². The lowest BCUT2D eigenvalue weighted by Crippen LogP contribution is -2.38. The summed E-state index contributed by atoms with van der Waals surface area (Å²) in [6.07, 6.45) is 0.574. The van der Waals surface area contributed by atoms with E-state index in [0.29, 0.717) is 12.1 Å². The summed E-state index contributed by atoms with van der Waals surface area (Å²) < 4.78 is 26.6. The quantitative estimate of drug-likeness (QED) is 0.873. The Bertz CT molecular complexity index is 586. The highest BCUT2D eigenvalue weighted by Gasteiger charge is 2.29. The molecule has 0 aliphatic rings. The topological polar surface area (TPSA) is 32.3 Å². The summed E-state index contributed by atoms with van der Waals surface area (Å²) in [5, 5.41) is 13.0. The van der Waals surface area contributed by atoms with Crippen molar-refractivity contribution in [2.24, 2.45) is 0 Å². The van der Waals surface area contributed by atoms with Crippen LogP contribution in [0.4, 0.5) is 14.5 Å². The van der Waals surface area contributed by atoms with Gasteiger partial charge in [-0.3, -0.25) is 0 Å². The molecule has 0 fully saturated rings. The van der Waals surface area contributed by atoms with Crippen LogP contribution < -0.4 is 5.32 Å². The van der Waals surface area contributed by atoms with Crippen molar-refractivity contribution in [1.29, 1.82) is 0 Å². The Hall–Kier alpha value is -1.94. The molecule has 2 rings (SSSR count). The molecule has 0 saturated heterocycles. The van der Waals surface area contributed by atoms with E-state index in [1.54, 1.807) is 19.1 Å². The van der Waals surface area contributed by atoms with Crippen molar-refractivity contribution < 1.29 is 13.9 Å². The number of halogens is 2. The van der Waals surface area contributed by atoms with Crippen LogP contribution in [-0.4, -0.2) is 11.7 Å². The number of aliphatic hydroxyl groups is 1. The maximum atomic E-state index is 13.5. The van der Waals surface area contributed by atoms with Gasteiger partial charge in [-0.15, -0.1) is 0 Å². The molecule has 0 aliphatic heterocycles. The Labute approximate surface area is 123 Å². The molecule has 0 saturated carbocycles. The first-order valence-corrected chi connectivity index (χ1v) is 6.91. The first-order chi connectivity index (χ1) is 9.99. The summed E-state index contributed by atoms with van der Waals surface area (Å²) in [5.41, 5.74) is 1.37. The van der Waals surface area contributed by atoms with Gasteiger partial charge in [0.25, 0.3) is 0 Å². The van der Waals surface area contributed by atoms with E-state index in [2.05, 4.69) is 5.32 Å². The Morgan fingerprint density at radius 3 is 2.24 bits per heavy atom. The van der Waals surface area contributed by atoms with E-state index in [1.165, 1.54) is 24.3 Å². The second-order valence-electron chi connectivity index (χ2n) is 5.24. The van der Waals surface area contributed by atoms with Gasteiger partial charge < -0.3 is 10.4 Å². The van der Waals surface area contributed by atoms with Gasteiger partial charge in [0.2, 0.25) is 0 Å². The lowest BCUT2D eigenvalue weighted by Gasteiger charge is -2.34. The maximum absolute atomic E-state index is 13.5. The largest absolute Gasteiger partial charge is 0.394 e. The zero-order valence-corrected chi connectivity index (χ0v) is 12.2. The van der Waals surface area contributed by atoms with Gasteiger partial charge in [0.05, 0.1) is 12.1 Å². The highest BCUT2D eigenvalue weighted by atomic mass is 19.1. The van der Waals surface area contributed by atoms with Gasteiger partial charge in [0, 0.05) is 5.69 Å². The van der Waals surface area contributed by atoms with E-state index in [0.717, 1.165) is 11.1 Å². The second kappa shape index (κ2) is 6.22. The molecule has 1 unspecified atom stereocenters. The van der Waals surface area contributed by atoms with Crippen LogP contribution in [0.1, 0.15) is 24.5 Å². The van der Waals surface area contributed by atoms with Gasteiger partial charge in [0.15, 0.2) is 0 Å². The first-order valence-electron chi connectivity index (χ1n) is 6.91. The normalized spacial score (nSPS) is 13.8. The molecule has 0 aliphatic carbocycles. The fraction of sp³-hybridized carbons (Fsp3) is 0.294. The third kappa shape index (κ3) is 3.39. The fourth-order valence-corrected chi connectivity index (χ4v) is 2.46. The van der Waals surface area contributed by atoms with Crippen molar-refractivity contribution in [2.45, 2.75) is 25.8 Å². The van der Waals surface area contributed by atoms with Crippen molar-refractivity contribution in [3.8, 4) is 0 Å². The zero-order chi connectivity index (χ0) is 15.5. The molecule has 0 spiro atoms. The van der Waals surface area contributed by atoms with Crippen LogP contribution in [0.5, 0.6) is 0 Å². The summed E-state index contributed by atoms with van der Waals surface area (Å²) >= 11 is 0. The van der Waals surface area contributed by atoms with Gasteiger partial charge >= 0.3 is 0 Å². The Morgan fingerprint density at radius 2 is 1.71 bits per heavy atom. The minimum atomic E-state index is -0.770. The van der Waals surface area contributed by atoms with Crippen molar-refractivity contribution in [2.75, 3.05) is 11.9 Å². The molecule has 1 atom stereocenters. The molecule has 2 N–H and O–H groups in total. The third-order valence-electron chi connectivity index (χ3n) is 3.70. The SMILES string of the molecule is CCC(CO)(Nc1cc(C)cc(F)c1)c1ccc(F)cc1. The molecule has 2 aromatic carbocycles. The lowest BCUT2D eigenvalue weighted by atomic mass is 9.87. The average Bonchev–Trinajstić information content (AvgIpc) is 2.45. The number of benzene rings is 2. The van der Waals surface area contributed by atoms with Gasteiger partial charge in [-0.1, -0.05) is 19.1 Å². The van der Waals surface area contributed by atoms with Gasteiger partial charge in [-0.2, -0.15) is 0 Å². The number of hydrogen-bond donors (Lipinski definition) is 2. The molecule has 4 heteroatoms. The lowest BCUT2D eigenvalue weighted by molar-refractivity contribution is 0.207. The Kier molecular flexibility index (Phi) is 4.58. The molecule has 0 heterocycles. The van der Waals surface area contributed by atoms with E-state index in [4.69, 9.17) is 0 Å². The fourth-order valence-electron chi connectivity index (χ4n) is 2.46. The Balaban J connectivity index is 2.40. The molecular weight excluding hydrogens is 272 g/mol. The summed E-state index contributed by atoms with van der Waals surface area (Å²) in [5.74, 6) is -0.664. The van der Waals surface area contributed by atoms with Crippen molar-refractivity contribution in [1.82, 2.24) is 0 Å². The van der Waals surface area contributed by atoms with Crippen molar-refractivity contribution in [3.63, 3.8) is 0 Å². The molecule has 0 radical (unpaired) electrons. The predicted octanol–water partition coefficient (Wildman–Crippen LogP) is 3.98. The predicted molar refractivity (Wildman–Crippen MR) is 80.2 cm³/mol. The molecule has 0 amide bonds. The van der Waals surface area contributed by atoms with Crippen LogP contribution in [0, 0.1) is 18.6 Å². The standard InChI is InChI=1S/C17H19F2NO/c1-3-17(11-21,13-4-6-14(18)7-5-13)20-16-9-12(2)8-15(19)10-16/h4-10,20-21H,3,11H2,1-2H3. The maximum Gasteiger partial charge on any atom is 0.125 e. The van der Waals surface area contributed by atoms with Crippen LogP contribution >= 0.6 is 0 Å². The molecule has 0 aromatic heterocycles. The third-order valence-corrected chi connectivity index (χ3v) is 3.70. The monoisotopic (exact) mass is 291 g/mol. The van der Waals surface area contributed by atoms with Crippen molar-refractivity contribution in [3.05, 3.63) is 65.2 Å². The number of aryl methyl sites for hydroxylation is 1. The smallest absolute Gasteiger partial charge is 0.125 e. The van der Waals surface area contributed by atoms with Crippen LogP contribution in [0.3, 0.4) is 0 Å². The number of rotatable bonds is 5. The number of hydrogen-bond acceptors (Lipinski definition) is 2. The van der Waals surface area contributed by atoms with Crippen LogP contribution in [0.2, 0.25) is 0 Å². The average molecular weight is 291 g/mol. The van der Waals surface area contributed by atoms with Crippen molar-refractivity contribution >= 4 is 5.69 Å². The summed E-state index contributed by atoms with van der Waals surface area (Å²) in [6.45, 7) is 3.54.